The van der Waals surface area contributed by atoms with Crippen LogP contribution in [0.4, 0.5) is 11.4 Å². The van der Waals surface area contributed by atoms with Gasteiger partial charge in [-0.2, -0.15) is 0 Å². The van der Waals surface area contributed by atoms with Crippen molar-refractivity contribution in [3.05, 3.63) is 54.1 Å². The van der Waals surface area contributed by atoms with Crippen molar-refractivity contribution in [2.24, 2.45) is 0 Å². The van der Waals surface area contributed by atoms with Crippen LogP contribution in [-0.4, -0.2) is 29.9 Å². The lowest BCUT2D eigenvalue weighted by molar-refractivity contribution is -0.115. The van der Waals surface area contributed by atoms with Gasteiger partial charge in [-0.1, -0.05) is 12.1 Å². The van der Waals surface area contributed by atoms with Gasteiger partial charge >= 0.3 is 0 Å². The Balaban J connectivity index is 1.83. The van der Waals surface area contributed by atoms with Crippen molar-refractivity contribution in [3.8, 4) is 5.75 Å². The maximum Gasteiger partial charge on any atom is 0.243 e. The molecule has 2 N–H and O–H groups in total. The van der Waals surface area contributed by atoms with Crippen LogP contribution in [0.25, 0.3) is 0 Å². The van der Waals surface area contributed by atoms with E-state index in [4.69, 9.17) is 0 Å². The Labute approximate surface area is 121 Å². The number of amides is 1. The first-order chi connectivity index (χ1) is 10.1. The fourth-order valence-electron chi connectivity index (χ4n) is 2.36. The second kappa shape index (κ2) is 5.28. The molecule has 0 unspecified atom stereocenters. The summed E-state index contributed by atoms with van der Waals surface area (Å²) in [7, 11) is 0. The molecule has 5 heteroatoms. The van der Waals surface area contributed by atoms with Gasteiger partial charge in [-0.25, -0.2) is 0 Å². The molecule has 106 valence electrons. The number of nitrogens with zero attached hydrogens (tertiary/aromatic N) is 1. The second-order valence-corrected chi connectivity index (χ2v) is 4.89. The molecule has 2 aromatic carbocycles. The number of benzene rings is 2. The number of carbonyl (C=O) groups excluding carboxylic acids is 2. The molecule has 0 bridgehead atoms. The zero-order valence-electron chi connectivity index (χ0n) is 11.2. The molecular weight excluding hydrogens is 268 g/mol. The molecule has 0 saturated heterocycles. The normalized spacial score (nSPS) is 13.5. The summed E-state index contributed by atoms with van der Waals surface area (Å²) in [6, 6.07) is 13.5. The van der Waals surface area contributed by atoms with E-state index in [1.807, 2.05) is 24.3 Å². The summed E-state index contributed by atoms with van der Waals surface area (Å²) >= 11 is 0. The second-order valence-electron chi connectivity index (χ2n) is 4.89. The summed E-state index contributed by atoms with van der Waals surface area (Å²) in [5, 5.41) is 12.0. The minimum Gasteiger partial charge on any atom is -0.508 e. The Bertz CT molecular complexity index is 695. The number of anilines is 2. The predicted molar refractivity (Wildman–Crippen MR) is 79.7 cm³/mol. The number of aromatic hydroxyl groups is 1. The minimum atomic E-state index is -0.132. The summed E-state index contributed by atoms with van der Waals surface area (Å²) in [6.07, 6.45) is 0. The van der Waals surface area contributed by atoms with Crippen molar-refractivity contribution in [1.82, 2.24) is 0 Å². The zero-order valence-corrected chi connectivity index (χ0v) is 11.2. The van der Waals surface area contributed by atoms with E-state index in [2.05, 4.69) is 5.32 Å². The van der Waals surface area contributed by atoms with Crippen LogP contribution >= 0.6 is 0 Å². The molecule has 0 aromatic heterocycles. The van der Waals surface area contributed by atoms with Gasteiger partial charge in [0.1, 0.15) is 5.75 Å². The molecule has 1 aliphatic rings. The number of para-hydroxylation sites is 2. The molecule has 1 aliphatic heterocycles. The van der Waals surface area contributed by atoms with Gasteiger partial charge in [0.25, 0.3) is 0 Å². The van der Waals surface area contributed by atoms with Gasteiger partial charge in [0.15, 0.2) is 5.78 Å². The third-order valence-electron chi connectivity index (χ3n) is 3.38. The molecule has 0 radical (unpaired) electrons. The summed E-state index contributed by atoms with van der Waals surface area (Å²) in [5.41, 5.74) is 2.06. The van der Waals surface area contributed by atoms with Gasteiger partial charge in [-0.15, -0.1) is 0 Å². The average Bonchev–Trinajstić information content (AvgIpc) is 2.47. The largest absolute Gasteiger partial charge is 0.508 e. The van der Waals surface area contributed by atoms with Crippen LogP contribution in [0, 0.1) is 0 Å². The molecule has 0 aliphatic carbocycles. The first-order valence-corrected chi connectivity index (χ1v) is 6.59. The number of carbonyl (C=O) groups is 2. The Morgan fingerprint density at radius 3 is 2.62 bits per heavy atom. The van der Waals surface area contributed by atoms with Crippen LogP contribution in [0.2, 0.25) is 0 Å². The number of phenols is 1. The van der Waals surface area contributed by atoms with E-state index >= 15 is 0 Å². The highest BCUT2D eigenvalue weighted by atomic mass is 16.3. The van der Waals surface area contributed by atoms with Crippen LogP contribution < -0.4 is 10.2 Å². The third kappa shape index (κ3) is 2.72. The van der Waals surface area contributed by atoms with Crippen molar-refractivity contribution >= 4 is 23.1 Å². The molecule has 2 aromatic rings. The van der Waals surface area contributed by atoms with E-state index in [0.29, 0.717) is 11.3 Å². The van der Waals surface area contributed by atoms with Gasteiger partial charge < -0.3 is 15.3 Å². The smallest absolute Gasteiger partial charge is 0.243 e. The number of Topliss-reactive ketones (excluding diaryl/α,β-unsaturated/α-hetero) is 1. The molecule has 0 atom stereocenters. The molecule has 21 heavy (non-hydrogen) atoms. The predicted octanol–water partition coefficient (Wildman–Crippen LogP) is 2.03. The number of nitrogens with one attached hydrogen (secondary N) is 1. The van der Waals surface area contributed by atoms with Gasteiger partial charge in [-0.3, -0.25) is 9.59 Å². The molecule has 3 rings (SSSR count). The Morgan fingerprint density at radius 1 is 1.14 bits per heavy atom. The number of hydrogen-bond donors (Lipinski definition) is 2. The van der Waals surface area contributed by atoms with Crippen molar-refractivity contribution in [1.29, 1.82) is 0 Å². The number of ketones is 1. The fourth-order valence-corrected chi connectivity index (χ4v) is 2.36. The highest BCUT2D eigenvalue weighted by Gasteiger charge is 2.23. The van der Waals surface area contributed by atoms with Gasteiger partial charge in [0.05, 0.1) is 24.5 Å². The Morgan fingerprint density at radius 2 is 1.86 bits per heavy atom. The van der Waals surface area contributed by atoms with E-state index in [1.54, 1.807) is 17.0 Å². The molecule has 0 fully saturated rings. The quantitative estimate of drug-likeness (QED) is 0.845. The summed E-state index contributed by atoms with van der Waals surface area (Å²) in [4.78, 5) is 25.7. The van der Waals surface area contributed by atoms with E-state index < -0.39 is 0 Å². The molecule has 1 heterocycles. The lowest BCUT2D eigenvalue weighted by atomic mass is 10.1. The van der Waals surface area contributed by atoms with Crippen molar-refractivity contribution in [3.63, 3.8) is 0 Å². The van der Waals surface area contributed by atoms with Crippen LogP contribution in [0.3, 0.4) is 0 Å². The fraction of sp³-hybridized carbons (Fsp3) is 0.125. The summed E-state index contributed by atoms with van der Waals surface area (Å²) < 4.78 is 0. The first kappa shape index (κ1) is 13.2. The Hall–Kier alpha value is -2.82. The SMILES string of the molecule is O=C1CN(CC(=O)c2ccc(O)cc2)c2ccccc2N1. The van der Waals surface area contributed by atoms with E-state index in [0.717, 1.165) is 5.69 Å². The monoisotopic (exact) mass is 282 g/mol. The maximum absolute atomic E-state index is 12.3. The number of hydrogen-bond acceptors (Lipinski definition) is 4. The number of fused-ring (bicyclic) bond motifs is 1. The topological polar surface area (TPSA) is 69.6 Å². The minimum absolute atomic E-state index is 0.0977. The Kier molecular flexibility index (Phi) is 3.31. The van der Waals surface area contributed by atoms with E-state index in [-0.39, 0.29) is 30.5 Å². The number of rotatable bonds is 3. The lowest BCUT2D eigenvalue weighted by Crippen LogP contribution is -2.41. The summed E-state index contributed by atoms with van der Waals surface area (Å²) in [5.74, 6) is -0.110. The van der Waals surface area contributed by atoms with Crippen LogP contribution in [0.15, 0.2) is 48.5 Å². The van der Waals surface area contributed by atoms with Crippen LogP contribution in [0.5, 0.6) is 5.75 Å². The van der Waals surface area contributed by atoms with Crippen LogP contribution in [-0.2, 0) is 4.79 Å². The maximum atomic E-state index is 12.3. The van der Waals surface area contributed by atoms with Gasteiger partial charge in [0, 0.05) is 5.56 Å². The van der Waals surface area contributed by atoms with Gasteiger partial charge in [-0.05, 0) is 36.4 Å². The zero-order chi connectivity index (χ0) is 14.8. The molecular formula is C16H14N2O3. The van der Waals surface area contributed by atoms with Crippen molar-refractivity contribution in [2.75, 3.05) is 23.3 Å². The molecule has 0 spiro atoms. The molecule has 0 saturated carbocycles. The van der Waals surface area contributed by atoms with Crippen molar-refractivity contribution in [2.45, 2.75) is 0 Å². The number of phenolic OH excluding ortho intramolecular Hbond substituents is 1. The summed E-state index contributed by atoms with van der Waals surface area (Å²) in [6.45, 7) is 0.274. The standard InChI is InChI=1S/C16H14N2O3/c19-12-7-5-11(6-8-12)15(20)9-18-10-16(21)17-13-3-1-2-4-14(13)18/h1-8,19H,9-10H2,(H,17,21). The van der Waals surface area contributed by atoms with Crippen LogP contribution in [0.1, 0.15) is 10.4 Å². The van der Waals surface area contributed by atoms with E-state index in [1.165, 1.54) is 12.1 Å². The molecule has 5 nitrogen and oxygen atoms in total. The van der Waals surface area contributed by atoms with E-state index in [9.17, 15) is 14.7 Å². The third-order valence-corrected chi connectivity index (χ3v) is 3.38. The van der Waals surface area contributed by atoms with Gasteiger partial charge in [0.2, 0.25) is 5.91 Å². The average molecular weight is 282 g/mol. The first-order valence-electron chi connectivity index (χ1n) is 6.59. The highest BCUT2D eigenvalue weighted by Crippen LogP contribution is 2.28. The lowest BCUT2D eigenvalue weighted by Gasteiger charge is -2.30. The highest BCUT2D eigenvalue weighted by molar-refractivity contribution is 6.05. The molecule has 1 amide bonds. The van der Waals surface area contributed by atoms with Crippen molar-refractivity contribution < 1.29 is 14.7 Å².